The zero-order valence-corrected chi connectivity index (χ0v) is 9.74. The molecule has 0 bridgehead atoms. The number of aromatic nitrogens is 4. The minimum absolute atomic E-state index is 0.279. The summed E-state index contributed by atoms with van der Waals surface area (Å²) in [5.41, 5.74) is 6.39. The van der Waals surface area contributed by atoms with Gasteiger partial charge >= 0.3 is 0 Å². The van der Waals surface area contributed by atoms with Gasteiger partial charge in [0.05, 0.1) is 25.4 Å². The van der Waals surface area contributed by atoms with Crippen LogP contribution in [-0.2, 0) is 6.54 Å². The Morgan fingerprint density at radius 1 is 1.22 bits per heavy atom. The van der Waals surface area contributed by atoms with Gasteiger partial charge in [0.25, 0.3) is 0 Å². The van der Waals surface area contributed by atoms with Crippen LogP contribution in [0.1, 0.15) is 12.2 Å². The fraction of sp³-hybridized carbons (Fsp3) is 0.364. The molecule has 1 aromatic carbocycles. The van der Waals surface area contributed by atoms with Gasteiger partial charge in [-0.1, -0.05) is 0 Å². The standard InChI is InChI=1S/C11H13N5O2/c12-7-11-13-14-15-16(11)8-2-3-9-10(6-8)18-5-1-4-17-9/h2-3,6H,1,4-5,7,12H2. The van der Waals surface area contributed by atoms with Gasteiger partial charge in [-0.2, -0.15) is 4.68 Å². The van der Waals surface area contributed by atoms with Crippen LogP contribution in [0.5, 0.6) is 11.5 Å². The van der Waals surface area contributed by atoms with Crippen molar-refractivity contribution in [3.05, 3.63) is 24.0 Å². The lowest BCUT2D eigenvalue weighted by molar-refractivity contribution is 0.297. The number of hydrogen-bond donors (Lipinski definition) is 1. The minimum atomic E-state index is 0.279. The summed E-state index contributed by atoms with van der Waals surface area (Å²) < 4.78 is 12.8. The number of ether oxygens (including phenoxy) is 2. The van der Waals surface area contributed by atoms with Crippen LogP contribution in [0.3, 0.4) is 0 Å². The fourth-order valence-corrected chi connectivity index (χ4v) is 1.82. The molecule has 2 aromatic rings. The van der Waals surface area contributed by atoms with E-state index in [9.17, 15) is 0 Å². The lowest BCUT2D eigenvalue weighted by atomic mass is 10.2. The molecule has 0 unspecified atom stereocenters. The number of hydrogen-bond acceptors (Lipinski definition) is 6. The first kappa shape index (κ1) is 11.0. The second-order valence-electron chi connectivity index (χ2n) is 3.89. The first-order valence-corrected chi connectivity index (χ1v) is 5.76. The van der Waals surface area contributed by atoms with Crippen molar-refractivity contribution in [2.24, 2.45) is 5.73 Å². The molecule has 94 valence electrons. The SMILES string of the molecule is NCc1nnnn1-c1ccc2c(c1)OCCCO2. The van der Waals surface area contributed by atoms with Crippen molar-refractivity contribution in [3.63, 3.8) is 0 Å². The van der Waals surface area contributed by atoms with Gasteiger partial charge in [-0.15, -0.1) is 5.10 Å². The van der Waals surface area contributed by atoms with E-state index in [1.807, 2.05) is 18.2 Å². The van der Waals surface area contributed by atoms with Crippen molar-refractivity contribution < 1.29 is 9.47 Å². The lowest BCUT2D eigenvalue weighted by Gasteiger charge is -2.09. The molecule has 0 amide bonds. The third-order valence-electron chi connectivity index (χ3n) is 2.69. The summed E-state index contributed by atoms with van der Waals surface area (Å²) in [6.07, 6.45) is 0.878. The molecule has 2 heterocycles. The molecule has 7 heteroatoms. The maximum Gasteiger partial charge on any atom is 0.170 e. The molecule has 0 spiro atoms. The first-order valence-electron chi connectivity index (χ1n) is 5.76. The summed E-state index contributed by atoms with van der Waals surface area (Å²) in [5, 5.41) is 11.4. The summed E-state index contributed by atoms with van der Waals surface area (Å²) in [6, 6.07) is 5.59. The van der Waals surface area contributed by atoms with Gasteiger partial charge in [0.1, 0.15) is 0 Å². The molecule has 7 nitrogen and oxygen atoms in total. The summed E-state index contributed by atoms with van der Waals surface area (Å²) in [5.74, 6) is 2.06. The normalized spacial score (nSPS) is 14.3. The van der Waals surface area contributed by atoms with E-state index < -0.39 is 0 Å². The third kappa shape index (κ3) is 1.88. The predicted molar refractivity (Wildman–Crippen MR) is 62.7 cm³/mol. The number of tetrazole rings is 1. The Kier molecular flexibility index (Phi) is 2.81. The Labute approximate surface area is 103 Å². The fourth-order valence-electron chi connectivity index (χ4n) is 1.82. The Hall–Kier alpha value is -2.15. The molecule has 1 aliphatic rings. The van der Waals surface area contributed by atoms with E-state index >= 15 is 0 Å². The van der Waals surface area contributed by atoms with Crippen LogP contribution in [0, 0.1) is 0 Å². The molecule has 2 N–H and O–H groups in total. The smallest absolute Gasteiger partial charge is 0.170 e. The van der Waals surface area contributed by atoms with Gasteiger partial charge in [-0.25, -0.2) is 0 Å². The number of rotatable bonds is 2. The average Bonchev–Trinajstić information content (AvgIpc) is 2.76. The molecule has 0 saturated heterocycles. The van der Waals surface area contributed by atoms with Gasteiger partial charge < -0.3 is 15.2 Å². The van der Waals surface area contributed by atoms with Crippen LogP contribution < -0.4 is 15.2 Å². The molecule has 0 aliphatic carbocycles. The van der Waals surface area contributed by atoms with E-state index in [-0.39, 0.29) is 6.54 Å². The van der Waals surface area contributed by atoms with E-state index in [0.717, 1.165) is 17.9 Å². The van der Waals surface area contributed by atoms with E-state index in [4.69, 9.17) is 15.2 Å². The van der Waals surface area contributed by atoms with E-state index in [0.29, 0.717) is 24.8 Å². The molecule has 1 aliphatic heterocycles. The number of nitrogens with two attached hydrogens (primary N) is 1. The van der Waals surface area contributed by atoms with Crippen molar-refractivity contribution in [1.82, 2.24) is 20.2 Å². The molecule has 0 radical (unpaired) electrons. The van der Waals surface area contributed by atoms with E-state index in [1.54, 1.807) is 4.68 Å². The maximum absolute atomic E-state index is 5.62. The predicted octanol–water partition coefficient (Wildman–Crippen LogP) is 0.282. The molecule has 1 aromatic heterocycles. The molecular formula is C11H13N5O2. The van der Waals surface area contributed by atoms with E-state index in [2.05, 4.69) is 15.5 Å². The largest absolute Gasteiger partial charge is 0.490 e. The molecule has 3 rings (SSSR count). The zero-order valence-electron chi connectivity index (χ0n) is 9.74. The van der Waals surface area contributed by atoms with Crippen LogP contribution >= 0.6 is 0 Å². The van der Waals surface area contributed by atoms with Crippen LogP contribution in [0.15, 0.2) is 18.2 Å². The van der Waals surface area contributed by atoms with Gasteiger partial charge in [0.2, 0.25) is 0 Å². The van der Waals surface area contributed by atoms with Gasteiger partial charge in [0.15, 0.2) is 17.3 Å². The van der Waals surface area contributed by atoms with Crippen molar-refractivity contribution in [1.29, 1.82) is 0 Å². The lowest BCUT2D eigenvalue weighted by Crippen LogP contribution is -2.08. The minimum Gasteiger partial charge on any atom is -0.490 e. The van der Waals surface area contributed by atoms with Gasteiger partial charge in [-0.3, -0.25) is 0 Å². The highest BCUT2D eigenvalue weighted by Crippen LogP contribution is 2.31. The molecule has 0 fully saturated rings. The topological polar surface area (TPSA) is 88.1 Å². The van der Waals surface area contributed by atoms with Crippen LogP contribution in [-0.4, -0.2) is 33.4 Å². The molecule has 0 atom stereocenters. The van der Waals surface area contributed by atoms with Crippen LogP contribution in [0.4, 0.5) is 0 Å². The van der Waals surface area contributed by atoms with Crippen molar-refractivity contribution in [2.45, 2.75) is 13.0 Å². The summed E-state index contributed by atoms with van der Waals surface area (Å²) in [6.45, 7) is 1.60. The first-order chi connectivity index (χ1) is 8.88. The van der Waals surface area contributed by atoms with Crippen LogP contribution in [0.2, 0.25) is 0 Å². The summed E-state index contributed by atoms with van der Waals surface area (Å²) >= 11 is 0. The highest BCUT2D eigenvalue weighted by molar-refractivity contribution is 5.49. The molecule has 18 heavy (non-hydrogen) atoms. The number of benzene rings is 1. The monoisotopic (exact) mass is 247 g/mol. The van der Waals surface area contributed by atoms with Crippen molar-refractivity contribution in [3.8, 4) is 17.2 Å². The van der Waals surface area contributed by atoms with Crippen LogP contribution in [0.25, 0.3) is 5.69 Å². The third-order valence-corrected chi connectivity index (χ3v) is 2.69. The second-order valence-corrected chi connectivity index (χ2v) is 3.89. The highest BCUT2D eigenvalue weighted by Gasteiger charge is 2.13. The zero-order chi connectivity index (χ0) is 12.4. The Balaban J connectivity index is 2.01. The van der Waals surface area contributed by atoms with Crippen molar-refractivity contribution in [2.75, 3.05) is 13.2 Å². The Morgan fingerprint density at radius 2 is 2.06 bits per heavy atom. The summed E-state index contributed by atoms with van der Waals surface area (Å²) in [7, 11) is 0. The quantitative estimate of drug-likeness (QED) is 0.820. The maximum atomic E-state index is 5.62. The number of fused-ring (bicyclic) bond motifs is 1. The Bertz CT molecular complexity index is 554. The Morgan fingerprint density at radius 3 is 2.89 bits per heavy atom. The average molecular weight is 247 g/mol. The van der Waals surface area contributed by atoms with Crippen molar-refractivity contribution >= 4 is 0 Å². The number of nitrogens with zero attached hydrogens (tertiary/aromatic N) is 4. The molecule has 0 saturated carbocycles. The second kappa shape index (κ2) is 4.61. The van der Waals surface area contributed by atoms with Gasteiger partial charge in [0, 0.05) is 12.5 Å². The van der Waals surface area contributed by atoms with E-state index in [1.165, 1.54) is 0 Å². The summed E-state index contributed by atoms with van der Waals surface area (Å²) in [4.78, 5) is 0. The molecular weight excluding hydrogens is 234 g/mol. The van der Waals surface area contributed by atoms with Gasteiger partial charge in [-0.05, 0) is 22.6 Å². The highest BCUT2D eigenvalue weighted by atomic mass is 16.5.